The first kappa shape index (κ1) is 14.8. The Labute approximate surface area is 140 Å². The van der Waals surface area contributed by atoms with Crippen LogP contribution in [0.3, 0.4) is 0 Å². The minimum Gasteiger partial charge on any atom is -0.507 e. The van der Waals surface area contributed by atoms with E-state index in [1.807, 2.05) is 50.2 Å². The molecule has 24 heavy (non-hydrogen) atoms. The summed E-state index contributed by atoms with van der Waals surface area (Å²) in [6, 6.07) is 18.0. The Morgan fingerprint density at radius 1 is 0.917 bits per heavy atom. The monoisotopic (exact) mass is 320 g/mol. The number of phenols is 1. The highest BCUT2D eigenvalue weighted by Crippen LogP contribution is 2.50. The Kier molecular flexibility index (Phi) is 3.14. The molecule has 0 unspecified atom stereocenters. The highest BCUT2D eigenvalue weighted by atomic mass is 19.1. The van der Waals surface area contributed by atoms with E-state index in [9.17, 15) is 9.50 Å². The van der Waals surface area contributed by atoms with E-state index < -0.39 is 5.60 Å². The van der Waals surface area contributed by atoms with E-state index in [1.165, 1.54) is 12.1 Å². The van der Waals surface area contributed by atoms with Crippen molar-refractivity contribution < 1.29 is 14.2 Å². The first-order chi connectivity index (χ1) is 11.5. The lowest BCUT2D eigenvalue weighted by molar-refractivity contribution is 0.105. The largest absolute Gasteiger partial charge is 0.507 e. The summed E-state index contributed by atoms with van der Waals surface area (Å²) in [6.07, 6.45) is 0. The quantitative estimate of drug-likeness (QED) is 0.642. The van der Waals surface area contributed by atoms with Crippen molar-refractivity contribution in [3.63, 3.8) is 0 Å². The highest BCUT2D eigenvalue weighted by Gasteiger charge is 2.34. The van der Waals surface area contributed by atoms with E-state index in [4.69, 9.17) is 4.74 Å². The lowest BCUT2D eigenvalue weighted by Crippen LogP contribution is -2.29. The molecule has 1 aliphatic rings. The molecule has 0 aliphatic carbocycles. The molecule has 3 aromatic rings. The van der Waals surface area contributed by atoms with Crippen LogP contribution in [0.4, 0.5) is 4.39 Å². The number of aromatic hydroxyl groups is 1. The Bertz CT molecular complexity index is 930. The van der Waals surface area contributed by atoms with Crippen LogP contribution >= 0.6 is 0 Å². The number of hydrogen-bond donors (Lipinski definition) is 1. The molecule has 3 aromatic carbocycles. The molecular formula is C21H17FO2. The summed E-state index contributed by atoms with van der Waals surface area (Å²) in [5.41, 5.74) is 3.34. The molecule has 1 aliphatic heterocycles. The zero-order chi connectivity index (χ0) is 16.9. The standard InChI is InChI=1S/C21H17FO2/c1-21(2)17-9-8-15(22)12-16(17)20-18(23)10-14(11-19(20)24-21)13-6-4-3-5-7-13/h3-12,23H,1-2H3. The van der Waals surface area contributed by atoms with Crippen LogP contribution in [0.5, 0.6) is 11.5 Å². The summed E-state index contributed by atoms with van der Waals surface area (Å²) >= 11 is 0. The van der Waals surface area contributed by atoms with Crippen molar-refractivity contribution in [2.75, 3.05) is 0 Å². The summed E-state index contributed by atoms with van der Waals surface area (Å²) in [4.78, 5) is 0. The summed E-state index contributed by atoms with van der Waals surface area (Å²) in [6.45, 7) is 3.89. The van der Waals surface area contributed by atoms with Crippen molar-refractivity contribution in [2.45, 2.75) is 19.4 Å². The lowest BCUT2D eigenvalue weighted by Gasteiger charge is -2.35. The third-order valence-corrected chi connectivity index (χ3v) is 4.45. The van der Waals surface area contributed by atoms with Gasteiger partial charge >= 0.3 is 0 Å². The first-order valence-electron chi connectivity index (χ1n) is 7.87. The second-order valence-corrected chi connectivity index (χ2v) is 6.54. The molecule has 3 heteroatoms. The van der Waals surface area contributed by atoms with Crippen LogP contribution in [0.25, 0.3) is 22.3 Å². The molecule has 0 bridgehead atoms. The number of halogens is 1. The van der Waals surface area contributed by atoms with Crippen molar-refractivity contribution in [2.24, 2.45) is 0 Å². The first-order valence-corrected chi connectivity index (χ1v) is 7.87. The van der Waals surface area contributed by atoms with Gasteiger partial charge in [0, 0.05) is 5.56 Å². The maximum absolute atomic E-state index is 13.8. The van der Waals surface area contributed by atoms with Crippen LogP contribution in [0.1, 0.15) is 19.4 Å². The Morgan fingerprint density at radius 2 is 1.67 bits per heavy atom. The maximum atomic E-state index is 13.8. The minimum atomic E-state index is -0.599. The molecule has 0 saturated heterocycles. The smallest absolute Gasteiger partial charge is 0.132 e. The predicted octanol–water partition coefficient (Wildman–Crippen LogP) is 5.49. The van der Waals surface area contributed by atoms with Gasteiger partial charge in [-0.05, 0) is 54.8 Å². The molecule has 2 nitrogen and oxygen atoms in total. The predicted molar refractivity (Wildman–Crippen MR) is 92.6 cm³/mol. The highest BCUT2D eigenvalue weighted by molar-refractivity contribution is 5.85. The Balaban J connectivity index is 1.97. The van der Waals surface area contributed by atoms with E-state index in [-0.39, 0.29) is 11.6 Å². The van der Waals surface area contributed by atoms with Crippen LogP contribution in [0, 0.1) is 5.82 Å². The van der Waals surface area contributed by atoms with Crippen molar-refractivity contribution in [1.82, 2.24) is 0 Å². The molecule has 0 amide bonds. The average Bonchev–Trinajstić information content (AvgIpc) is 2.54. The molecule has 120 valence electrons. The average molecular weight is 320 g/mol. The molecule has 0 aromatic heterocycles. The lowest BCUT2D eigenvalue weighted by atomic mass is 9.85. The fourth-order valence-electron chi connectivity index (χ4n) is 3.33. The fourth-order valence-corrected chi connectivity index (χ4v) is 3.33. The third kappa shape index (κ3) is 2.24. The summed E-state index contributed by atoms with van der Waals surface area (Å²) < 4.78 is 19.9. The van der Waals surface area contributed by atoms with Crippen molar-refractivity contribution in [3.8, 4) is 33.8 Å². The Hall–Kier alpha value is -2.81. The van der Waals surface area contributed by atoms with Crippen molar-refractivity contribution >= 4 is 0 Å². The van der Waals surface area contributed by atoms with Gasteiger partial charge in [0.15, 0.2) is 0 Å². The molecule has 0 atom stereocenters. The maximum Gasteiger partial charge on any atom is 0.132 e. The number of benzene rings is 3. The van der Waals surface area contributed by atoms with Gasteiger partial charge in [0.25, 0.3) is 0 Å². The van der Waals surface area contributed by atoms with E-state index in [0.29, 0.717) is 16.9 Å². The molecule has 0 radical (unpaired) electrons. The van der Waals surface area contributed by atoms with Gasteiger partial charge in [0.1, 0.15) is 22.9 Å². The van der Waals surface area contributed by atoms with Gasteiger partial charge in [-0.15, -0.1) is 0 Å². The number of ether oxygens (including phenoxy) is 1. The van der Waals surface area contributed by atoms with Crippen LogP contribution in [0.15, 0.2) is 60.7 Å². The van der Waals surface area contributed by atoms with E-state index in [1.54, 1.807) is 12.1 Å². The van der Waals surface area contributed by atoms with Gasteiger partial charge in [0.2, 0.25) is 0 Å². The molecule has 1 heterocycles. The van der Waals surface area contributed by atoms with Crippen LogP contribution in [0.2, 0.25) is 0 Å². The molecule has 0 spiro atoms. The Morgan fingerprint density at radius 3 is 2.42 bits per heavy atom. The van der Waals surface area contributed by atoms with E-state index in [2.05, 4.69) is 0 Å². The molecule has 0 fully saturated rings. The topological polar surface area (TPSA) is 29.5 Å². The minimum absolute atomic E-state index is 0.0914. The van der Waals surface area contributed by atoms with Gasteiger partial charge in [-0.1, -0.05) is 36.4 Å². The molecule has 1 N–H and O–H groups in total. The fraction of sp³-hybridized carbons (Fsp3) is 0.143. The number of fused-ring (bicyclic) bond motifs is 3. The SMILES string of the molecule is CC1(C)Oc2cc(-c3ccccc3)cc(O)c2-c2cc(F)ccc21. The summed E-state index contributed by atoms with van der Waals surface area (Å²) in [5, 5.41) is 10.6. The van der Waals surface area contributed by atoms with Gasteiger partial charge in [0.05, 0.1) is 5.56 Å². The molecule has 0 saturated carbocycles. The molecular weight excluding hydrogens is 303 g/mol. The summed E-state index contributed by atoms with van der Waals surface area (Å²) in [5.74, 6) is 0.328. The normalized spacial score (nSPS) is 14.5. The zero-order valence-electron chi connectivity index (χ0n) is 13.5. The second kappa shape index (κ2) is 5.10. The second-order valence-electron chi connectivity index (χ2n) is 6.54. The number of rotatable bonds is 1. The van der Waals surface area contributed by atoms with Gasteiger partial charge < -0.3 is 9.84 Å². The van der Waals surface area contributed by atoms with E-state index in [0.717, 1.165) is 16.7 Å². The zero-order valence-corrected chi connectivity index (χ0v) is 13.5. The van der Waals surface area contributed by atoms with Crippen LogP contribution < -0.4 is 4.74 Å². The third-order valence-electron chi connectivity index (χ3n) is 4.45. The van der Waals surface area contributed by atoms with E-state index >= 15 is 0 Å². The van der Waals surface area contributed by atoms with Crippen molar-refractivity contribution in [3.05, 3.63) is 72.0 Å². The summed E-state index contributed by atoms with van der Waals surface area (Å²) in [7, 11) is 0. The van der Waals surface area contributed by atoms with Gasteiger partial charge in [-0.2, -0.15) is 0 Å². The van der Waals surface area contributed by atoms with Crippen LogP contribution in [-0.2, 0) is 5.60 Å². The van der Waals surface area contributed by atoms with Gasteiger partial charge in [-0.3, -0.25) is 0 Å². The number of hydrogen-bond acceptors (Lipinski definition) is 2. The van der Waals surface area contributed by atoms with Gasteiger partial charge in [-0.25, -0.2) is 4.39 Å². The molecule has 4 rings (SSSR count). The van der Waals surface area contributed by atoms with Crippen molar-refractivity contribution in [1.29, 1.82) is 0 Å². The number of phenolic OH excluding ortho intramolecular Hbond substituents is 1. The van der Waals surface area contributed by atoms with Crippen LogP contribution in [-0.4, -0.2) is 5.11 Å².